The number of ether oxygens (including phenoxy) is 1. The van der Waals surface area contributed by atoms with Gasteiger partial charge in [-0.1, -0.05) is 41.9 Å². The molecule has 0 heterocycles. The Balaban J connectivity index is 1.50. The second kappa shape index (κ2) is 9.41. The van der Waals surface area contributed by atoms with Crippen LogP contribution in [0.5, 0.6) is 5.75 Å². The summed E-state index contributed by atoms with van der Waals surface area (Å²) in [5.41, 5.74) is 6.04. The molecule has 0 unspecified atom stereocenters. The van der Waals surface area contributed by atoms with Crippen molar-refractivity contribution in [1.29, 1.82) is 0 Å². The van der Waals surface area contributed by atoms with Crippen molar-refractivity contribution in [3.63, 3.8) is 0 Å². The second-order valence-corrected chi connectivity index (χ2v) is 8.15. The second-order valence-electron chi connectivity index (χ2n) is 7.72. The number of hydrogen-bond donors (Lipinski definition) is 1. The highest BCUT2D eigenvalue weighted by Crippen LogP contribution is 2.43. The summed E-state index contributed by atoms with van der Waals surface area (Å²) in [5.74, 6) is -0.537. The van der Waals surface area contributed by atoms with E-state index in [2.05, 4.69) is 0 Å². The Labute approximate surface area is 191 Å². The van der Waals surface area contributed by atoms with Crippen LogP contribution in [0.2, 0.25) is 5.02 Å². The van der Waals surface area contributed by atoms with Gasteiger partial charge in [0.1, 0.15) is 11.6 Å². The van der Waals surface area contributed by atoms with Crippen molar-refractivity contribution >= 4 is 34.8 Å². The van der Waals surface area contributed by atoms with Crippen LogP contribution in [0.3, 0.4) is 0 Å². The summed E-state index contributed by atoms with van der Waals surface area (Å²) in [7, 11) is 0. The third-order valence-corrected chi connectivity index (χ3v) is 5.80. The Kier molecular flexibility index (Phi) is 6.42. The molecule has 3 aromatic carbocycles. The fourth-order valence-electron chi connectivity index (χ4n) is 3.90. The largest absolute Gasteiger partial charge is 0.493 e. The van der Waals surface area contributed by atoms with Crippen LogP contribution in [-0.2, 0) is 11.2 Å². The van der Waals surface area contributed by atoms with Crippen LogP contribution in [0.15, 0.2) is 72.3 Å². The number of aliphatic carboxylic acids is 1. The number of fused-ring (bicyclic) bond motifs is 1. The number of carbonyl (C=O) groups is 1. The van der Waals surface area contributed by atoms with Crippen molar-refractivity contribution in [2.75, 3.05) is 6.61 Å². The van der Waals surface area contributed by atoms with E-state index in [4.69, 9.17) is 16.3 Å². The first-order valence-corrected chi connectivity index (χ1v) is 10.7. The molecule has 3 aromatic rings. The Hall–Kier alpha value is -3.37. The zero-order chi connectivity index (χ0) is 22.7. The minimum absolute atomic E-state index is 0.139. The van der Waals surface area contributed by atoms with Gasteiger partial charge < -0.3 is 9.84 Å². The maximum atomic E-state index is 13.8. The van der Waals surface area contributed by atoms with E-state index in [1.165, 1.54) is 12.1 Å². The first-order valence-electron chi connectivity index (χ1n) is 10.3. The molecule has 0 saturated carbocycles. The van der Waals surface area contributed by atoms with Gasteiger partial charge in [0, 0.05) is 11.4 Å². The molecule has 0 fully saturated rings. The Bertz CT molecular complexity index is 1210. The molecule has 1 N–H and O–H groups in total. The SMILES string of the molecule is CC1=C(CC(=O)O)c2cc(F)ccc2/C1=C\c1ccc(OCCc2ccc(Cl)cc2)cc1. The summed E-state index contributed by atoms with van der Waals surface area (Å²) in [5, 5.41) is 10.00. The molecule has 3 nitrogen and oxygen atoms in total. The van der Waals surface area contributed by atoms with Crippen LogP contribution in [0.25, 0.3) is 17.2 Å². The van der Waals surface area contributed by atoms with Gasteiger partial charge in [-0.15, -0.1) is 0 Å². The van der Waals surface area contributed by atoms with Gasteiger partial charge in [-0.2, -0.15) is 0 Å². The third kappa shape index (κ3) is 4.92. The zero-order valence-electron chi connectivity index (χ0n) is 17.6. The third-order valence-electron chi connectivity index (χ3n) is 5.55. The van der Waals surface area contributed by atoms with Crippen molar-refractivity contribution in [3.05, 3.63) is 105 Å². The number of rotatable bonds is 7. The molecule has 1 aliphatic rings. The minimum atomic E-state index is -0.934. The standard InChI is InChI=1S/C27H22ClFO3/c1-17-24(23-11-8-21(29)15-26(23)25(17)16-27(30)31)14-19-4-9-22(10-5-19)32-13-12-18-2-6-20(28)7-3-18/h2-11,14-15H,12-13,16H2,1H3,(H,30,31)/b24-14-. The van der Waals surface area contributed by atoms with E-state index in [9.17, 15) is 14.3 Å². The summed E-state index contributed by atoms with van der Waals surface area (Å²) < 4.78 is 19.7. The van der Waals surface area contributed by atoms with E-state index in [0.29, 0.717) is 17.7 Å². The molecule has 32 heavy (non-hydrogen) atoms. The normalized spacial score (nSPS) is 14.0. The Morgan fingerprint density at radius 3 is 2.44 bits per heavy atom. The smallest absolute Gasteiger partial charge is 0.307 e. The number of benzene rings is 3. The van der Waals surface area contributed by atoms with Crippen molar-refractivity contribution in [3.8, 4) is 5.75 Å². The maximum absolute atomic E-state index is 13.8. The van der Waals surface area contributed by atoms with Crippen molar-refractivity contribution in [1.82, 2.24) is 0 Å². The highest BCUT2D eigenvalue weighted by atomic mass is 35.5. The fourth-order valence-corrected chi connectivity index (χ4v) is 4.02. The molecule has 5 heteroatoms. The number of allylic oxidation sites excluding steroid dienone is 2. The molecule has 0 spiro atoms. The lowest BCUT2D eigenvalue weighted by Gasteiger charge is -2.08. The lowest BCUT2D eigenvalue weighted by molar-refractivity contribution is -0.135. The molecule has 0 bridgehead atoms. The van der Waals surface area contributed by atoms with Crippen molar-refractivity contribution < 1.29 is 19.0 Å². The average molecular weight is 449 g/mol. The molecule has 0 aromatic heterocycles. The highest BCUT2D eigenvalue weighted by molar-refractivity contribution is 6.30. The first kappa shape index (κ1) is 21.8. The van der Waals surface area contributed by atoms with Gasteiger partial charge in [-0.05, 0) is 88.4 Å². The molecule has 0 saturated heterocycles. The summed E-state index contributed by atoms with van der Waals surface area (Å²) in [4.78, 5) is 11.3. The van der Waals surface area contributed by atoms with Crippen LogP contribution in [-0.4, -0.2) is 17.7 Å². The van der Waals surface area contributed by atoms with Crippen molar-refractivity contribution in [2.24, 2.45) is 0 Å². The molecule has 0 atom stereocenters. The number of carboxylic acids is 1. The van der Waals surface area contributed by atoms with Gasteiger partial charge in [-0.3, -0.25) is 4.79 Å². The number of hydrogen-bond acceptors (Lipinski definition) is 2. The first-order chi connectivity index (χ1) is 15.4. The lowest BCUT2D eigenvalue weighted by Crippen LogP contribution is -2.01. The molecular formula is C27H22ClFO3. The van der Waals surface area contributed by atoms with Gasteiger partial charge >= 0.3 is 5.97 Å². The number of carboxylic acid groups (broad SMARTS) is 1. The summed E-state index contributed by atoms with van der Waals surface area (Å²) >= 11 is 5.91. The monoisotopic (exact) mass is 448 g/mol. The van der Waals surface area contributed by atoms with Crippen LogP contribution in [0, 0.1) is 5.82 Å². The minimum Gasteiger partial charge on any atom is -0.493 e. The molecule has 0 aliphatic heterocycles. The van der Waals surface area contributed by atoms with Crippen LogP contribution in [0.4, 0.5) is 4.39 Å². The Morgan fingerprint density at radius 1 is 1.03 bits per heavy atom. The van der Waals surface area contributed by atoms with Gasteiger partial charge in [-0.25, -0.2) is 4.39 Å². The average Bonchev–Trinajstić information content (AvgIpc) is 3.01. The summed E-state index contributed by atoms with van der Waals surface area (Å²) in [6.45, 7) is 2.44. The van der Waals surface area contributed by atoms with Crippen LogP contribution in [0.1, 0.15) is 35.6 Å². The maximum Gasteiger partial charge on any atom is 0.307 e. The van der Waals surface area contributed by atoms with E-state index in [1.807, 2.05) is 61.5 Å². The zero-order valence-corrected chi connectivity index (χ0v) is 18.3. The predicted molar refractivity (Wildman–Crippen MR) is 126 cm³/mol. The predicted octanol–water partition coefficient (Wildman–Crippen LogP) is 6.90. The van der Waals surface area contributed by atoms with Crippen molar-refractivity contribution in [2.45, 2.75) is 19.8 Å². The van der Waals surface area contributed by atoms with E-state index in [1.54, 1.807) is 6.07 Å². The summed E-state index contributed by atoms with van der Waals surface area (Å²) in [6.07, 6.45) is 2.64. The summed E-state index contributed by atoms with van der Waals surface area (Å²) in [6, 6.07) is 20.0. The fraction of sp³-hybridized carbons (Fsp3) is 0.148. The van der Waals surface area contributed by atoms with Gasteiger partial charge in [0.25, 0.3) is 0 Å². The molecule has 4 rings (SSSR count). The van der Waals surface area contributed by atoms with Gasteiger partial charge in [0.05, 0.1) is 13.0 Å². The van der Waals surface area contributed by atoms with E-state index in [-0.39, 0.29) is 12.2 Å². The number of halogens is 2. The highest BCUT2D eigenvalue weighted by Gasteiger charge is 2.25. The Morgan fingerprint density at radius 2 is 1.75 bits per heavy atom. The molecule has 0 radical (unpaired) electrons. The molecule has 1 aliphatic carbocycles. The van der Waals surface area contributed by atoms with Gasteiger partial charge in [0.15, 0.2) is 0 Å². The molecule has 162 valence electrons. The topological polar surface area (TPSA) is 46.5 Å². The van der Waals surface area contributed by atoms with E-state index < -0.39 is 5.97 Å². The molecular weight excluding hydrogens is 427 g/mol. The van der Waals surface area contributed by atoms with Crippen LogP contribution >= 0.6 is 11.6 Å². The van der Waals surface area contributed by atoms with E-state index in [0.717, 1.165) is 45.0 Å². The molecule has 0 amide bonds. The lowest BCUT2D eigenvalue weighted by atomic mass is 10.0. The van der Waals surface area contributed by atoms with Gasteiger partial charge in [0.2, 0.25) is 0 Å². The quantitative estimate of drug-likeness (QED) is 0.427. The van der Waals surface area contributed by atoms with E-state index >= 15 is 0 Å². The van der Waals surface area contributed by atoms with Crippen LogP contribution < -0.4 is 4.74 Å².